The molecule has 2 N–H and O–H groups in total. The van der Waals surface area contributed by atoms with E-state index in [0.717, 1.165) is 11.1 Å². The van der Waals surface area contributed by atoms with Crippen molar-refractivity contribution in [1.29, 1.82) is 0 Å². The van der Waals surface area contributed by atoms with Gasteiger partial charge in [-0.2, -0.15) is 0 Å². The lowest BCUT2D eigenvalue weighted by Gasteiger charge is -2.07. The minimum atomic E-state index is -1.03. The minimum Gasteiger partial charge on any atom is -0.378 e. The van der Waals surface area contributed by atoms with Gasteiger partial charge in [0, 0.05) is 22.7 Å². The first-order chi connectivity index (χ1) is 10.8. The molecule has 0 spiro atoms. The van der Waals surface area contributed by atoms with Crippen LogP contribution in [0, 0.1) is 11.8 Å². The average Bonchev–Trinajstić information content (AvgIpc) is 2.52. The van der Waals surface area contributed by atoms with Crippen molar-refractivity contribution in [3.63, 3.8) is 0 Å². The Kier molecular flexibility index (Phi) is 5.44. The van der Waals surface area contributed by atoms with Crippen molar-refractivity contribution >= 4 is 17.5 Å². The summed E-state index contributed by atoms with van der Waals surface area (Å²) in [5.41, 5.74) is 1.26. The van der Waals surface area contributed by atoms with Gasteiger partial charge < -0.3 is 10.4 Å². The van der Waals surface area contributed by atoms with Crippen LogP contribution in [-0.2, 0) is 6.54 Å². The molecule has 0 saturated heterocycles. The van der Waals surface area contributed by atoms with Crippen LogP contribution in [0.5, 0.6) is 0 Å². The molecule has 0 aliphatic heterocycles. The molecule has 0 aliphatic carbocycles. The maximum Gasteiger partial charge on any atom is 0.251 e. The summed E-state index contributed by atoms with van der Waals surface area (Å²) in [6, 6.07) is 14.3. The van der Waals surface area contributed by atoms with Crippen LogP contribution in [0.3, 0.4) is 0 Å². The maximum atomic E-state index is 12.1. The smallest absolute Gasteiger partial charge is 0.251 e. The highest BCUT2D eigenvalue weighted by molar-refractivity contribution is 6.30. The molecular formula is C19H18ClNO2. The van der Waals surface area contributed by atoms with Gasteiger partial charge in [0.25, 0.3) is 5.91 Å². The summed E-state index contributed by atoms with van der Waals surface area (Å²) in [5.74, 6) is 5.45. The quantitative estimate of drug-likeness (QED) is 0.849. The topological polar surface area (TPSA) is 49.3 Å². The fourth-order valence-corrected chi connectivity index (χ4v) is 1.94. The largest absolute Gasteiger partial charge is 0.378 e. The lowest BCUT2D eigenvalue weighted by molar-refractivity contribution is 0.0951. The molecular weight excluding hydrogens is 310 g/mol. The summed E-state index contributed by atoms with van der Waals surface area (Å²) in [4.78, 5) is 12.1. The van der Waals surface area contributed by atoms with Crippen LogP contribution in [0.25, 0.3) is 0 Å². The summed E-state index contributed by atoms with van der Waals surface area (Å²) in [6.45, 7) is 3.69. The van der Waals surface area contributed by atoms with Crippen LogP contribution in [-0.4, -0.2) is 16.6 Å². The van der Waals surface area contributed by atoms with Crippen LogP contribution in [0.2, 0.25) is 5.02 Å². The van der Waals surface area contributed by atoms with Gasteiger partial charge in [-0.05, 0) is 55.8 Å². The maximum absolute atomic E-state index is 12.1. The SMILES string of the molecule is CC(C)(O)C#Cc1ccc(C(=O)NCc2ccc(Cl)cc2)cc1. The lowest BCUT2D eigenvalue weighted by Crippen LogP contribution is -2.22. The van der Waals surface area contributed by atoms with Gasteiger partial charge in [-0.1, -0.05) is 35.6 Å². The highest BCUT2D eigenvalue weighted by atomic mass is 35.5. The molecule has 118 valence electrons. The van der Waals surface area contributed by atoms with Gasteiger partial charge in [0.05, 0.1) is 0 Å². The zero-order chi connectivity index (χ0) is 16.9. The Morgan fingerprint density at radius 3 is 2.30 bits per heavy atom. The van der Waals surface area contributed by atoms with Gasteiger partial charge >= 0.3 is 0 Å². The van der Waals surface area contributed by atoms with Crippen LogP contribution in [0.15, 0.2) is 48.5 Å². The predicted octanol–water partition coefficient (Wildman–Crippen LogP) is 3.39. The van der Waals surface area contributed by atoms with Gasteiger partial charge in [0.1, 0.15) is 5.60 Å². The molecule has 2 rings (SSSR count). The molecule has 23 heavy (non-hydrogen) atoms. The predicted molar refractivity (Wildman–Crippen MR) is 92.2 cm³/mol. The molecule has 0 atom stereocenters. The van der Waals surface area contributed by atoms with Gasteiger partial charge in [0.2, 0.25) is 0 Å². The molecule has 0 radical (unpaired) electrons. The first-order valence-electron chi connectivity index (χ1n) is 7.22. The third-order valence-corrected chi connectivity index (χ3v) is 3.28. The first-order valence-corrected chi connectivity index (χ1v) is 7.59. The van der Waals surface area contributed by atoms with E-state index in [4.69, 9.17) is 11.6 Å². The van der Waals surface area contributed by atoms with E-state index in [1.54, 1.807) is 50.2 Å². The van der Waals surface area contributed by atoms with Crippen molar-refractivity contribution in [3.05, 3.63) is 70.2 Å². The number of aliphatic hydroxyl groups is 1. The zero-order valence-electron chi connectivity index (χ0n) is 13.1. The molecule has 0 saturated carbocycles. The number of hydrogen-bond donors (Lipinski definition) is 2. The van der Waals surface area contributed by atoms with E-state index in [-0.39, 0.29) is 5.91 Å². The van der Waals surface area contributed by atoms with Crippen molar-refractivity contribution in [1.82, 2.24) is 5.32 Å². The fraction of sp³-hybridized carbons (Fsp3) is 0.211. The van der Waals surface area contributed by atoms with E-state index >= 15 is 0 Å². The van der Waals surface area contributed by atoms with Crippen molar-refractivity contribution in [3.8, 4) is 11.8 Å². The number of hydrogen-bond acceptors (Lipinski definition) is 2. The molecule has 0 aliphatic rings. The second kappa shape index (κ2) is 7.32. The van der Waals surface area contributed by atoms with E-state index in [9.17, 15) is 9.90 Å². The highest BCUT2D eigenvalue weighted by Crippen LogP contribution is 2.10. The van der Waals surface area contributed by atoms with Crippen LogP contribution in [0.1, 0.15) is 35.3 Å². The molecule has 0 bridgehead atoms. The first kappa shape index (κ1) is 17.1. The lowest BCUT2D eigenvalue weighted by atomic mass is 10.1. The van der Waals surface area contributed by atoms with Crippen molar-refractivity contribution in [2.45, 2.75) is 26.0 Å². The second-order valence-corrected chi connectivity index (χ2v) is 6.13. The fourth-order valence-electron chi connectivity index (χ4n) is 1.82. The number of nitrogens with one attached hydrogen (secondary N) is 1. The second-order valence-electron chi connectivity index (χ2n) is 5.70. The Morgan fingerprint density at radius 1 is 1.13 bits per heavy atom. The van der Waals surface area contributed by atoms with Gasteiger partial charge in [-0.15, -0.1) is 0 Å². The summed E-state index contributed by atoms with van der Waals surface area (Å²) in [5, 5.41) is 13.1. The molecule has 1 amide bonds. The number of halogens is 1. The number of carbonyl (C=O) groups is 1. The van der Waals surface area contributed by atoms with Crippen molar-refractivity contribution in [2.24, 2.45) is 0 Å². The Labute approximate surface area is 141 Å². The van der Waals surface area contributed by atoms with E-state index in [1.807, 2.05) is 12.1 Å². The molecule has 2 aromatic rings. The number of rotatable bonds is 3. The Morgan fingerprint density at radius 2 is 1.74 bits per heavy atom. The molecule has 4 heteroatoms. The number of carbonyl (C=O) groups excluding carboxylic acids is 1. The minimum absolute atomic E-state index is 0.151. The molecule has 0 aromatic heterocycles. The zero-order valence-corrected chi connectivity index (χ0v) is 13.8. The standard InChI is InChI=1S/C19H18ClNO2/c1-19(2,23)12-11-14-3-7-16(8-4-14)18(22)21-13-15-5-9-17(20)10-6-15/h3-10,23H,13H2,1-2H3,(H,21,22). The Bertz CT molecular complexity index is 732. The van der Waals surface area contributed by atoms with Gasteiger partial charge in [0.15, 0.2) is 0 Å². The monoisotopic (exact) mass is 327 g/mol. The van der Waals surface area contributed by atoms with Gasteiger partial charge in [-0.25, -0.2) is 0 Å². The van der Waals surface area contributed by atoms with Crippen LogP contribution < -0.4 is 5.32 Å². The molecule has 0 fully saturated rings. The summed E-state index contributed by atoms with van der Waals surface area (Å²) in [6.07, 6.45) is 0. The van der Waals surface area contributed by atoms with Crippen molar-refractivity contribution in [2.75, 3.05) is 0 Å². The third kappa shape index (κ3) is 5.78. The van der Waals surface area contributed by atoms with E-state index in [2.05, 4.69) is 17.2 Å². The van der Waals surface area contributed by atoms with Crippen LogP contribution >= 0.6 is 11.6 Å². The molecule has 3 nitrogen and oxygen atoms in total. The average molecular weight is 328 g/mol. The van der Waals surface area contributed by atoms with E-state index in [0.29, 0.717) is 17.1 Å². The Balaban J connectivity index is 1.97. The molecule has 0 unspecified atom stereocenters. The number of benzene rings is 2. The highest BCUT2D eigenvalue weighted by Gasteiger charge is 2.07. The Hall–Kier alpha value is -2.28. The van der Waals surface area contributed by atoms with E-state index < -0.39 is 5.60 Å². The summed E-state index contributed by atoms with van der Waals surface area (Å²) in [7, 11) is 0. The summed E-state index contributed by atoms with van der Waals surface area (Å²) >= 11 is 5.82. The van der Waals surface area contributed by atoms with Crippen LogP contribution in [0.4, 0.5) is 0 Å². The van der Waals surface area contributed by atoms with E-state index in [1.165, 1.54) is 0 Å². The third-order valence-electron chi connectivity index (χ3n) is 3.03. The molecule has 2 aromatic carbocycles. The number of amides is 1. The summed E-state index contributed by atoms with van der Waals surface area (Å²) < 4.78 is 0. The normalized spacial score (nSPS) is 10.6. The van der Waals surface area contributed by atoms with Gasteiger partial charge in [-0.3, -0.25) is 4.79 Å². The molecule has 0 heterocycles. The van der Waals surface area contributed by atoms with Crippen molar-refractivity contribution < 1.29 is 9.90 Å².